The summed E-state index contributed by atoms with van der Waals surface area (Å²) in [5.41, 5.74) is 0.653. The summed E-state index contributed by atoms with van der Waals surface area (Å²) in [7, 11) is 0. The third-order valence-corrected chi connectivity index (χ3v) is 4.57. The summed E-state index contributed by atoms with van der Waals surface area (Å²) in [6.45, 7) is 5.31. The molecule has 11 nitrogen and oxygen atoms in total. The number of carboxylic acids is 1. The SMILES string of the molecule is CC(C)(C)OC(=O)NC(CC(=O)O)Cn1nnc(-c2ccc(OCCc3ccncc3)c(F)c2)n1. The van der Waals surface area contributed by atoms with Crippen molar-refractivity contribution in [2.75, 3.05) is 6.61 Å². The van der Waals surface area contributed by atoms with Crippen LogP contribution in [0.2, 0.25) is 0 Å². The molecule has 0 aliphatic carbocycles. The first-order chi connectivity index (χ1) is 16.6. The molecule has 0 aliphatic heterocycles. The van der Waals surface area contributed by atoms with Crippen LogP contribution in [-0.4, -0.2) is 60.6 Å². The number of nitrogens with zero attached hydrogens (tertiary/aromatic N) is 5. The van der Waals surface area contributed by atoms with E-state index in [9.17, 15) is 14.0 Å². The van der Waals surface area contributed by atoms with Crippen LogP contribution in [0.15, 0.2) is 42.7 Å². The number of tetrazole rings is 1. The minimum atomic E-state index is -1.12. The Balaban J connectivity index is 1.62. The molecular formula is C23H27FN6O5. The highest BCUT2D eigenvalue weighted by Gasteiger charge is 2.23. The summed E-state index contributed by atoms with van der Waals surface area (Å²) in [6, 6.07) is 7.19. The fourth-order valence-corrected chi connectivity index (χ4v) is 3.06. The van der Waals surface area contributed by atoms with Gasteiger partial charge < -0.3 is 19.9 Å². The largest absolute Gasteiger partial charge is 0.490 e. The van der Waals surface area contributed by atoms with Crippen molar-refractivity contribution < 1.29 is 28.6 Å². The molecule has 1 atom stereocenters. The lowest BCUT2D eigenvalue weighted by Crippen LogP contribution is -2.42. The fraction of sp³-hybridized carbons (Fsp3) is 0.391. The highest BCUT2D eigenvalue weighted by Crippen LogP contribution is 2.23. The number of benzene rings is 1. The summed E-state index contributed by atoms with van der Waals surface area (Å²) in [4.78, 5) is 28.3. The van der Waals surface area contributed by atoms with Crippen LogP contribution < -0.4 is 10.1 Å². The molecule has 1 unspecified atom stereocenters. The number of halogens is 1. The maximum atomic E-state index is 14.6. The third-order valence-electron chi connectivity index (χ3n) is 4.57. The maximum absolute atomic E-state index is 14.6. The van der Waals surface area contributed by atoms with Crippen LogP contribution in [0.5, 0.6) is 5.75 Å². The Hall–Kier alpha value is -4.09. The molecular weight excluding hydrogens is 459 g/mol. The number of nitrogens with one attached hydrogen (secondary N) is 1. The molecule has 1 aromatic carbocycles. The van der Waals surface area contributed by atoms with E-state index in [1.165, 1.54) is 12.1 Å². The van der Waals surface area contributed by atoms with E-state index in [0.717, 1.165) is 10.4 Å². The molecule has 0 saturated carbocycles. The highest BCUT2D eigenvalue weighted by molar-refractivity contribution is 5.71. The van der Waals surface area contributed by atoms with Gasteiger partial charge in [0.2, 0.25) is 5.82 Å². The van der Waals surface area contributed by atoms with E-state index in [0.29, 0.717) is 18.6 Å². The molecule has 3 aromatic rings. The van der Waals surface area contributed by atoms with Crippen LogP contribution in [0.3, 0.4) is 0 Å². The van der Waals surface area contributed by atoms with Crippen LogP contribution in [0.1, 0.15) is 32.8 Å². The number of pyridine rings is 1. The molecule has 2 heterocycles. The van der Waals surface area contributed by atoms with E-state index < -0.39 is 29.5 Å². The third kappa shape index (κ3) is 8.32. The van der Waals surface area contributed by atoms with Gasteiger partial charge in [0.15, 0.2) is 11.6 Å². The summed E-state index contributed by atoms with van der Waals surface area (Å²) in [5, 5.41) is 23.6. The molecule has 35 heavy (non-hydrogen) atoms. The Labute approximate surface area is 201 Å². The van der Waals surface area contributed by atoms with Crippen molar-refractivity contribution in [1.82, 2.24) is 30.5 Å². The molecule has 1 amide bonds. The predicted octanol–water partition coefficient (Wildman–Crippen LogP) is 2.86. The summed E-state index contributed by atoms with van der Waals surface area (Å²) < 4.78 is 25.3. The lowest BCUT2D eigenvalue weighted by atomic mass is 10.2. The second-order valence-corrected chi connectivity index (χ2v) is 8.71. The van der Waals surface area contributed by atoms with Crippen molar-refractivity contribution in [3.63, 3.8) is 0 Å². The van der Waals surface area contributed by atoms with Gasteiger partial charge in [-0.05, 0) is 61.9 Å². The molecule has 12 heteroatoms. The molecule has 0 bridgehead atoms. The monoisotopic (exact) mass is 486 g/mol. The molecule has 2 N–H and O–H groups in total. The van der Waals surface area contributed by atoms with Gasteiger partial charge in [0.05, 0.1) is 25.6 Å². The fourth-order valence-electron chi connectivity index (χ4n) is 3.06. The van der Waals surface area contributed by atoms with Crippen molar-refractivity contribution in [2.24, 2.45) is 0 Å². The standard InChI is InChI=1S/C23H27FN6O5/c1-23(2,3)35-22(33)26-17(13-20(31)32)14-30-28-21(27-29-30)16-4-5-19(18(24)12-16)34-11-8-15-6-9-25-10-7-15/h4-7,9-10,12,17H,8,11,13-14H2,1-3H3,(H,26,33)(H,31,32). The summed E-state index contributed by atoms with van der Waals surface area (Å²) in [5.74, 6) is -1.46. The van der Waals surface area contributed by atoms with E-state index >= 15 is 0 Å². The van der Waals surface area contributed by atoms with Crippen molar-refractivity contribution in [3.05, 3.63) is 54.1 Å². The Morgan fingerprint density at radius 3 is 2.60 bits per heavy atom. The van der Waals surface area contributed by atoms with E-state index in [-0.39, 0.29) is 24.5 Å². The van der Waals surface area contributed by atoms with E-state index in [4.69, 9.17) is 14.6 Å². The van der Waals surface area contributed by atoms with E-state index in [1.807, 2.05) is 12.1 Å². The van der Waals surface area contributed by atoms with Crippen LogP contribution in [0.25, 0.3) is 11.4 Å². The van der Waals surface area contributed by atoms with Gasteiger partial charge in [-0.25, -0.2) is 9.18 Å². The van der Waals surface area contributed by atoms with Crippen molar-refractivity contribution in [2.45, 2.75) is 51.8 Å². The number of hydrogen-bond donors (Lipinski definition) is 2. The number of carbonyl (C=O) groups is 2. The topological polar surface area (TPSA) is 141 Å². The molecule has 0 radical (unpaired) electrons. The van der Waals surface area contributed by atoms with Gasteiger partial charge in [0.25, 0.3) is 0 Å². The molecule has 0 spiro atoms. The van der Waals surface area contributed by atoms with Gasteiger partial charge in [0, 0.05) is 24.4 Å². The smallest absolute Gasteiger partial charge is 0.407 e. The van der Waals surface area contributed by atoms with E-state index in [2.05, 4.69) is 25.7 Å². The number of amides is 1. The first-order valence-electron chi connectivity index (χ1n) is 10.9. The van der Waals surface area contributed by atoms with Gasteiger partial charge in [0.1, 0.15) is 5.60 Å². The molecule has 0 saturated heterocycles. The first-order valence-corrected chi connectivity index (χ1v) is 10.9. The zero-order chi connectivity index (χ0) is 25.4. The lowest BCUT2D eigenvalue weighted by molar-refractivity contribution is -0.137. The average Bonchev–Trinajstić information content (AvgIpc) is 3.22. The van der Waals surface area contributed by atoms with Gasteiger partial charge >= 0.3 is 12.1 Å². The minimum absolute atomic E-state index is 0.0722. The van der Waals surface area contributed by atoms with Crippen LogP contribution in [-0.2, 0) is 22.5 Å². The second kappa shape index (κ2) is 11.4. The average molecular weight is 487 g/mol. The van der Waals surface area contributed by atoms with E-state index in [1.54, 1.807) is 39.2 Å². The number of carboxylic acid groups (broad SMARTS) is 1. The number of hydrogen-bond acceptors (Lipinski definition) is 8. The number of alkyl carbamates (subject to hydrolysis) is 1. The Bertz CT molecular complexity index is 1150. The van der Waals surface area contributed by atoms with Gasteiger partial charge in [-0.1, -0.05) is 0 Å². The van der Waals surface area contributed by atoms with Crippen molar-refractivity contribution in [3.8, 4) is 17.1 Å². The van der Waals surface area contributed by atoms with Crippen LogP contribution >= 0.6 is 0 Å². The first kappa shape index (κ1) is 25.5. The molecule has 0 aliphatic rings. The number of aliphatic carboxylic acids is 1. The van der Waals surface area contributed by atoms with Gasteiger partial charge in [-0.2, -0.15) is 4.80 Å². The van der Waals surface area contributed by atoms with Crippen LogP contribution in [0.4, 0.5) is 9.18 Å². The summed E-state index contributed by atoms with van der Waals surface area (Å²) in [6.07, 6.45) is 2.83. The lowest BCUT2D eigenvalue weighted by Gasteiger charge is -2.22. The number of rotatable bonds is 10. The highest BCUT2D eigenvalue weighted by atomic mass is 19.1. The maximum Gasteiger partial charge on any atom is 0.407 e. The van der Waals surface area contributed by atoms with Crippen LogP contribution in [0, 0.1) is 5.82 Å². The zero-order valence-electron chi connectivity index (χ0n) is 19.6. The van der Waals surface area contributed by atoms with Crippen molar-refractivity contribution >= 4 is 12.1 Å². The quantitative estimate of drug-likeness (QED) is 0.442. The molecule has 3 rings (SSSR count). The van der Waals surface area contributed by atoms with Gasteiger partial charge in [-0.3, -0.25) is 9.78 Å². The number of carbonyl (C=O) groups excluding carboxylic acids is 1. The van der Waals surface area contributed by atoms with Crippen molar-refractivity contribution in [1.29, 1.82) is 0 Å². The summed E-state index contributed by atoms with van der Waals surface area (Å²) >= 11 is 0. The second-order valence-electron chi connectivity index (χ2n) is 8.71. The Morgan fingerprint density at radius 1 is 1.20 bits per heavy atom. The molecule has 0 fully saturated rings. The molecule has 2 aromatic heterocycles. The number of aromatic nitrogens is 5. The number of ether oxygens (including phenoxy) is 2. The Morgan fingerprint density at radius 2 is 1.94 bits per heavy atom. The predicted molar refractivity (Wildman–Crippen MR) is 122 cm³/mol. The molecule has 186 valence electrons. The zero-order valence-corrected chi connectivity index (χ0v) is 19.6. The minimum Gasteiger partial charge on any atom is -0.490 e. The normalized spacial score (nSPS) is 12.1. The van der Waals surface area contributed by atoms with Gasteiger partial charge in [-0.15, -0.1) is 10.2 Å². The Kier molecular flexibility index (Phi) is 8.29.